The second-order valence-electron chi connectivity index (χ2n) is 6.44. The summed E-state index contributed by atoms with van der Waals surface area (Å²) in [5.41, 5.74) is 3.79. The van der Waals surface area contributed by atoms with Crippen molar-refractivity contribution in [2.75, 3.05) is 0 Å². The lowest BCUT2D eigenvalue weighted by Gasteiger charge is -2.15. The molecule has 1 heterocycles. The Balaban J connectivity index is 1.71. The molecule has 136 valence electrons. The minimum Gasteiger partial charge on any atom is -0.483 e. The van der Waals surface area contributed by atoms with E-state index in [1.54, 1.807) is 11.8 Å². The number of rotatable bonds is 7. The van der Waals surface area contributed by atoms with Crippen LogP contribution in [-0.2, 0) is 12.3 Å². The van der Waals surface area contributed by atoms with Crippen molar-refractivity contribution in [2.45, 2.75) is 51.3 Å². The molecule has 0 fully saturated rings. The third kappa shape index (κ3) is 4.47. The fourth-order valence-electron chi connectivity index (χ4n) is 2.83. The Morgan fingerprint density at radius 1 is 1.04 bits per heavy atom. The van der Waals surface area contributed by atoms with Gasteiger partial charge in [-0.2, -0.15) is 0 Å². The molecule has 0 amide bonds. The highest BCUT2D eigenvalue weighted by atomic mass is 32.2. The van der Waals surface area contributed by atoms with E-state index in [-0.39, 0.29) is 6.10 Å². The molecule has 1 atom stereocenters. The molecule has 2 aromatic carbocycles. The molecule has 3 aromatic rings. The number of hydrogen-bond donors (Lipinski definition) is 0. The normalized spacial score (nSPS) is 12.2. The van der Waals surface area contributed by atoms with Crippen LogP contribution in [0.2, 0.25) is 0 Å². The SMILES string of the molecule is CCn1c(SCc2cccc(C)c2)nnc1C(C)Oc1ccc(C)cc1. The van der Waals surface area contributed by atoms with Crippen molar-refractivity contribution in [1.29, 1.82) is 0 Å². The first-order valence-electron chi connectivity index (χ1n) is 8.91. The van der Waals surface area contributed by atoms with Gasteiger partial charge in [-0.25, -0.2) is 0 Å². The van der Waals surface area contributed by atoms with Gasteiger partial charge >= 0.3 is 0 Å². The van der Waals surface area contributed by atoms with Gasteiger partial charge in [-0.1, -0.05) is 59.3 Å². The Bertz CT molecular complexity index is 858. The molecule has 0 saturated carbocycles. The lowest BCUT2D eigenvalue weighted by atomic mass is 10.2. The van der Waals surface area contributed by atoms with E-state index < -0.39 is 0 Å². The lowest BCUT2D eigenvalue weighted by Crippen LogP contribution is -2.12. The zero-order valence-corrected chi connectivity index (χ0v) is 16.6. The lowest BCUT2D eigenvalue weighted by molar-refractivity contribution is 0.210. The van der Waals surface area contributed by atoms with Gasteiger partial charge in [0.2, 0.25) is 0 Å². The average Bonchev–Trinajstić information content (AvgIpc) is 3.05. The number of thioether (sulfide) groups is 1. The van der Waals surface area contributed by atoms with Crippen molar-refractivity contribution in [3.8, 4) is 5.75 Å². The van der Waals surface area contributed by atoms with E-state index in [1.165, 1.54) is 16.7 Å². The topological polar surface area (TPSA) is 39.9 Å². The Morgan fingerprint density at radius 3 is 2.50 bits per heavy atom. The second-order valence-corrected chi connectivity index (χ2v) is 7.38. The van der Waals surface area contributed by atoms with Crippen molar-refractivity contribution in [3.63, 3.8) is 0 Å². The van der Waals surface area contributed by atoms with Gasteiger partial charge in [0.05, 0.1) is 0 Å². The van der Waals surface area contributed by atoms with Gasteiger partial charge in [0.1, 0.15) is 5.75 Å². The molecular weight excluding hydrogens is 342 g/mol. The van der Waals surface area contributed by atoms with E-state index in [9.17, 15) is 0 Å². The molecule has 0 aliphatic carbocycles. The molecule has 0 aliphatic rings. The van der Waals surface area contributed by atoms with E-state index in [4.69, 9.17) is 4.74 Å². The highest BCUT2D eigenvalue weighted by Crippen LogP contribution is 2.26. The summed E-state index contributed by atoms with van der Waals surface area (Å²) in [5.74, 6) is 2.59. The summed E-state index contributed by atoms with van der Waals surface area (Å²) in [6.45, 7) is 9.14. The fourth-order valence-corrected chi connectivity index (χ4v) is 3.78. The second kappa shape index (κ2) is 8.41. The average molecular weight is 368 g/mol. The van der Waals surface area contributed by atoms with Crippen LogP contribution >= 0.6 is 11.8 Å². The van der Waals surface area contributed by atoms with Gasteiger partial charge in [0, 0.05) is 12.3 Å². The number of benzene rings is 2. The maximum Gasteiger partial charge on any atom is 0.191 e. The van der Waals surface area contributed by atoms with Gasteiger partial charge in [-0.15, -0.1) is 10.2 Å². The third-order valence-electron chi connectivity index (χ3n) is 4.21. The Labute approximate surface area is 159 Å². The number of aryl methyl sites for hydroxylation is 2. The number of ether oxygens (including phenoxy) is 1. The maximum atomic E-state index is 6.06. The quantitative estimate of drug-likeness (QED) is 0.528. The van der Waals surface area contributed by atoms with Gasteiger partial charge in [-0.3, -0.25) is 0 Å². The molecule has 0 bridgehead atoms. The highest BCUT2D eigenvalue weighted by molar-refractivity contribution is 7.98. The number of hydrogen-bond acceptors (Lipinski definition) is 4. The molecule has 1 unspecified atom stereocenters. The Kier molecular flexibility index (Phi) is 5.99. The predicted molar refractivity (Wildman–Crippen MR) is 107 cm³/mol. The van der Waals surface area contributed by atoms with Crippen molar-refractivity contribution in [3.05, 3.63) is 71.0 Å². The molecular formula is C21H25N3OS. The van der Waals surface area contributed by atoms with E-state index >= 15 is 0 Å². The van der Waals surface area contributed by atoms with Crippen molar-refractivity contribution in [2.24, 2.45) is 0 Å². The molecule has 4 nitrogen and oxygen atoms in total. The molecule has 0 radical (unpaired) electrons. The maximum absolute atomic E-state index is 6.06. The van der Waals surface area contributed by atoms with Crippen molar-refractivity contribution in [1.82, 2.24) is 14.8 Å². The van der Waals surface area contributed by atoms with Crippen LogP contribution in [0.15, 0.2) is 53.7 Å². The molecule has 0 spiro atoms. The molecule has 26 heavy (non-hydrogen) atoms. The first-order chi connectivity index (χ1) is 12.6. The van der Waals surface area contributed by atoms with E-state index in [2.05, 4.69) is 71.9 Å². The Morgan fingerprint density at radius 2 is 1.81 bits per heavy atom. The summed E-state index contributed by atoms with van der Waals surface area (Å²) in [7, 11) is 0. The van der Waals surface area contributed by atoms with Crippen LogP contribution < -0.4 is 4.74 Å². The summed E-state index contributed by atoms with van der Waals surface area (Å²) in [6, 6.07) is 16.7. The van der Waals surface area contributed by atoms with Gasteiger partial charge < -0.3 is 9.30 Å². The summed E-state index contributed by atoms with van der Waals surface area (Å²) >= 11 is 1.71. The zero-order valence-electron chi connectivity index (χ0n) is 15.8. The third-order valence-corrected chi connectivity index (χ3v) is 5.25. The molecule has 1 aromatic heterocycles. The predicted octanol–water partition coefficient (Wildman–Crippen LogP) is 5.35. The smallest absolute Gasteiger partial charge is 0.191 e. The van der Waals surface area contributed by atoms with Gasteiger partial charge in [-0.05, 0) is 45.4 Å². The van der Waals surface area contributed by atoms with E-state index in [0.29, 0.717) is 0 Å². The number of nitrogens with zero attached hydrogens (tertiary/aromatic N) is 3. The highest BCUT2D eigenvalue weighted by Gasteiger charge is 2.18. The summed E-state index contributed by atoms with van der Waals surface area (Å²) in [5, 5.41) is 9.73. The molecule has 0 aliphatic heterocycles. The minimum absolute atomic E-state index is 0.154. The van der Waals surface area contributed by atoms with E-state index in [0.717, 1.165) is 29.0 Å². The monoisotopic (exact) mass is 367 g/mol. The van der Waals surface area contributed by atoms with Crippen LogP contribution in [0.25, 0.3) is 0 Å². The molecule has 0 saturated heterocycles. The Hall–Kier alpha value is -2.27. The van der Waals surface area contributed by atoms with Crippen LogP contribution in [0, 0.1) is 13.8 Å². The van der Waals surface area contributed by atoms with E-state index in [1.807, 2.05) is 19.1 Å². The van der Waals surface area contributed by atoms with Gasteiger partial charge in [0.25, 0.3) is 0 Å². The van der Waals surface area contributed by atoms with Gasteiger partial charge in [0.15, 0.2) is 17.1 Å². The minimum atomic E-state index is -0.154. The van der Waals surface area contributed by atoms with Crippen LogP contribution in [-0.4, -0.2) is 14.8 Å². The van der Waals surface area contributed by atoms with Crippen LogP contribution in [0.3, 0.4) is 0 Å². The first-order valence-corrected chi connectivity index (χ1v) is 9.90. The van der Waals surface area contributed by atoms with Crippen molar-refractivity contribution >= 4 is 11.8 Å². The van der Waals surface area contributed by atoms with Crippen LogP contribution in [0.5, 0.6) is 5.75 Å². The fraction of sp³-hybridized carbons (Fsp3) is 0.333. The standard InChI is InChI=1S/C21H25N3OS/c1-5-24-20(17(4)25-19-11-9-15(2)10-12-19)22-23-21(24)26-14-18-8-6-7-16(3)13-18/h6-13,17H,5,14H2,1-4H3. The molecule has 3 rings (SSSR count). The number of aromatic nitrogens is 3. The largest absolute Gasteiger partial charge is 0.483 e. The van der Waals surface area contributed by atoms with Crippen molar-refractivity contribution < 1.29 is 4.74 Å². The summed E-state index contributed by atoms with van der Waals surface area (Å²) < 4.78 is 8.20. The zero-order chi connectivity index (χ0) is 18.5. The molecule has 5 heteroatoms. The first kappa shape index (κ1) is 18.5. The van der Waals surface area contributed by atoms with Crippen LogP contribution in [0.4, 0.5) is 0 Å². The van der Waals surface area contributed by atoms with Crippen LogP contribution in [0.1, 0.15) is 42.5 Å². The summed E-state index contributed by atoms with van der Waals surface area (Å²) in [4.78, 5) is 0. The summed E-state index contributed by atoms with van der Waals surface area (Å²) in [6.07, 6.45) is -0.154. The molecule has 0 N–H and O–H groups in total.